The predicted molar refractivity (Wildman–Crippen MR) is 103 cm³/mol. The molecule has 1 amide bonds. The lowest BCUT2D eigenvalue weighted by atomic mass is 10.2. The molecule has 0 fully saturated rings. The van der Waals surface area contributed by atoms with E-state index >= 15 is 0 Å². The Hall–Kier alpha value is -1.96. The van der Waals surface area contributed by atoms with E-state index in [9.17, 15) is 9.59 Å². The van der Waals surface area contributed by atoms with Crippen LogP contribution in [0.2, 0.25) is 5.02 Å². The summed E-state index contributed by atoms with van der Waals surface area (Å²) in [6.45, 7) is 0.540. The van der Waals surface area contributed by atoms with Gasteiger partial charge in [0.25, 0.3) is 11.5 Å². The fraction of sp³-hybridized carbons (Fsp3) is 0.118. The third-order valence-electron chi connectivity index (χ3n) is 3.42. The number of rotatable bonds is 5. The van der Waals surface area contributed by atoms with E-state index in [1.165, 1.54) is 10.7 Å². The van der Waals surface area contributed by atoms with Crippen LogP contribution in [0, 0.1) is 0 Å². The zero-order chi connectivity index (χ0) is 17.8. The van der Waals surface area contributed by atoms with Crippen molar-refractivity contribution in [1.29, 1.82) is 0 Å². The zero-order valence-electron chi connectivity index (χ0n) is 12.9. The quantitative estimate of drug-likeness (QED) is 0.659. The van der Waals surface area contributed by atoms with Gasteiger partial charge < -0.3 is 5.32 Å². The fourth-order valence-corrected chi connectivity index (χ4v) is 3.46. The molecule has 0 aliphatic rings. The number of halogens is 2. The van der Waals surface area contributed by atoms with Crippen molar-refractivity contribution in [3.8, 4) is 10.6 Å². The molecule has 3 rings (SSSR count). The minimum atomic E-state index is -0.297. The molecule has 2 heterocycles. The maximum atomic E-state index is 12.2. The number of hydrogen-bond acceptors (Lipinski definition) is 4. The van der Waals surface area contributed by atoms with E-state index in [4.69, 9.17) is 11.6 Å². The Labute approximate surface area is 161 Å². The Balaban J connectivity index is 1.68. The van der Waals surface area contributed by atoms with Crippen molar-refractivity contribution >= 4 is 44.8 Å². The van der Waals surface area contributed by atoms with Crippen LogP contribution in [0.5, 0.6) is 0 Å². The Morgan fingerprint density at radius 1 is 1.28 bits per heavy atom. The monoisotopic (exact) mass is 437 g/mol. The molecule has 0 radical (unpaired) electrons. The van der Waals surface area contributed by atoms with Gasteiger partial charge in [-0.2, -0.15) is 5.10 Å². The van der Waals surface area contributed by atoms with E-state index < -0.39 is 0 Å². The highest BCUT2D eigenvalue weighted by Crippen LogP contribution is 2.21. The maximum absolute atomic E-state index is 12.2. The molecule has 1 aromatic carbocycles. The van der Waals surface area contributed by atoms with Crippen LogP contribution in [-0.2, 0) is 6.54 Å². The standard InChI is InChI=1S/C17H13BrClN3O2S/c18-11-3-4-13(19)12(10-11)17(24)20-7-8-22-16(23)6-5-14(21-22)15-2-1-9-25-15/h1-6,9-10H,7-8H2,(H,20,24). The number of thiophene rings is 1. The van der Waals surface area contributed by atoms with Crippen molar-refractivity contribution in [3.05, 3.63) is 73.3 Å². The summed E-state index contributed by atoms with van der Waals surface area (Å²) < 4.78 is 2.11. The van der Waals surface area contributed by atoms with Crippen molar-refractivity contribution in [1.82, 2.24) is 15.1 Å². The van der Waals surface area contributed by atoms with E-state index in [-0.39, 0.29) is 24.6 Å². The molecule has 0 saturated carbocycles. The van der Waals surface area contributed by atoms with Crippen LogP contribution in [0.4, 0.5) is 0 Å². The van der Waals surface area contributed by atoms with Gasteiger partial charge in [-0.05, 0) is 35.7 Å². The number of hydrogen-bond donors (Lipinski definition) is 1. The van der Waals surface area contributed by atoms with E-state index in [1.807, 2.05) is 17.5 Å². The third-order valence-corrected chi connectivity index (χ3v) is 5.14. The first-order chi connectivity index (χ1) is 12.0. The van der Waals surface area contributed by atoms with Crippen LogP contribution in [0.15, 0.2) is 57.1 Å². The smallest absolute Gasteiger partial charge is 0.266 e. The molecule has 128 valence electrons. The van der Waals surface area contributed by atoms with E-state index in [0.29, 0.717) is 10.6 Å². The topological polar surface area (TPSA) is 64.0 Å². The lowest BCUT2D eigenvalue weighted by molar-refractivity contribution is 0.0952. The highest BCUT2D eigenvalue weighted by molar-refractivity contribution is 9.10. The van der Waals surface area contributed by atoms with Crippen LogP contribution in [-0.4, -0.2) is 22.2 Å². The minimum absolute atomic E-state index is 0.213. The van der Waals surface area contributed by atoms with Gasteiger partial charge in [-0.3, -0.25) is 9.59 Å². The van der Waals surface area contributed by atoms with Crippen molar-refractivity contribution in [3.63, 3.8) is 0 Å². The fourth-order valence-electron chi connectivity index (χ4n) is 2.21. The van der Waals surface area contributed by atoms with Gasteiger partial charge in [-0.1, -0.05) is 33.6 Å². The highest BCUT2D eigenvalue weighted by Gasteiger charge is 2.11. The second-order valence-corrected chi connectivity index (χ2v) is 7.41. The number of nitrogens with one attached hydrogen (secondary N) is 1. The molecule has 1 N–H and O–H groups in total. The summed E-state index contributed by atoms with van der Waals surface area (Å²) in [7, 11) is 0. The summed E-state index contributed by atoms with van der Waals surface area (Å²) in [5.74, 6) is -0.297. The summed E-state index contributed by atoms with van der Waals surface area (Å²) in [4.78, 5) is 25.2. The van der Waals surface area contributed by atoms with Gasteiger partial charge in [0.15, 0.2) is 0 Å². The second kappa shape index (κ2) is 7.95. The highest BCUT2D eigenvalue weighted by atomic mass is 79.9. The van der Waals surface area contributed by atoms with E-state index in [0.717, 1.165) is 15.0 Å². The van der Waals surface area contributed by atoms with Gasteiger partial charge in [0, 0.05) is 17.1 Å². The zero-order valence-corrected chi connectivity index (χ0v) is 16.1. The third kappa shape index (κ3) is 4.36. The van der Waals surface area contributed by atoms with Crippen LogP contribution >= 0.6 is 38.9 Å². The Bertz CT molecular complexity index is 957. The molecule has 8 heteroatoms. The molecule has 3 aromatic rings. The van der Waals surface area contributed by atoms with Crippen molar-refractivity contribution in [2.24, 2.45) is 0 Å². The Morgan fingerprint density at radius 2 is 2.12 bits per heavy atom. The van der Waals surface area contributed by atoms with E-state index in [1.54, 1.807) is 35.6 Å². The number of benzene rings is 1. The average Bonchev–Trinajstić information content (AvgIpc) is 3.13. The van der Waals surface area contributed by atoms with Crippen LogP contribution in [0.1, 0.15) is 10.4 Å². The molecule has 0 aliphatic carbocycles. The van der Waals surface area contributed by atoms with Gasteiger partial charge in [0.05, 0.1) is 22.0 Å². The molecule has 0 unspecified atom stereocenters. The summed E-state index contributed by atoms with van der Waals surface area (Å²) in [6.07, 6.45) is 0. The first kappa shape index (κ1) is 17.8. The van der Waals surface area contributed by atoms with Gasteiger partial charge in [0.1, 0.15) is 5.69 Å². The van der Waals surface area contributed by atoms with Crippen molar-refractivity contribution in [2.45, 2.75) is 6.54 Å². The molecular weight excluding hydrogens is 426 g/mol. The maximum Gasteiger partial charge on any atom is 0.266 e. The molecule has 0 aliphatic heterocycles. The predicted octanol–water partition coefficient (Wildman–Crippen LogP) is 3.82. The minimum Gasteiger partial charge on any atom is -0.350 e. The molecule has 0 spiro atoms. The molecular formula is C17H13BrClN3O2S. The SMILES string of the molecule is O=C(NCCn1nc(-c2cccs2)ccc1=O)c1cc(Br)ccc1Cl. The summed E-state index contributed by atoms with van der Waals surface area (Å²) in [6, 6.07) is 12.1. The van der Waals surface area contributed by atoms with Gasteiger partial charge in [0.2, 0.25) is 0 Å². The number of nitrogens with zero attached hydrogens (tertiary/aromatic N) is 2. The lowest BCUT2D eigenvalue weighted by Crippen LogP contribution is -2.32. The molecule has 25 heavy (non-hydrogen) atoms. The molecule has 5 nitrogen and oxygen atoms in total. The Morgan fingerprint density at radius 3 is 2.88 bits per heavy atom. The average molecular weight is 439 g/mol. The second-order valence-electron chi connectivity index (χ2n) is 5.14. The number of amides is 1. The lowest BCUT2D eigenvalue weighted by Gasteiger charge is -2.09. The molecule has 0 saturated heterocycles. The summed E-state index contributed by atoms with van der Waals surface area (Å²) in [5.41, 5.74) is 0.898. The Kier molecular flexibility index (Phi) is 5.67. The van der Waals surface area contributed by atoms with Crippen LogP contribution < -0.4 is 10.9 Å². The largest absolute Gasteiger partial charge is 0.350 e. The van der Waals surface area contributed by atoms with Gasteiger partial charge >= 0.3 is 0 Å². The van der Waals surface area contributed by atoms with Crippen LogP contribution in [0.3, 0.4) is 0 Å². The molecule has 2 aromatic heterocycles. The van der Waals surface area contributed by atoms with Gasteiger partial charge in [-0.15, -0.1) is 11.3 Å². The first-order valence-electron chi connectivity index (χ1n) is 7.40. The van der Waals surface area contributed by atoms with E-state index in [2.05, 4.69) is 26.3 Å². The molecule has 0 bridgehead atoms. The number of aromatic nitrogens is 2. The summed E-state index contributed by atoms with van der Waals surface area (Å²) >= 11 is 10.9. The summed E-state index contributed by atoms with van der Waals surface area (Å²) in [5, 5.41) is 9.43. The number of carbonyl (C=O) groups is 1. The van der Waals surface area contributed by atoms with Crippen molar-refractivity contribution in [2.75, 3.05) is 6.54 Å². The normalized spacial score (nSPS) is 10.6. The number of carbonyl (C=O) groups excluding carboxylic acids is 1. The molecule has 0 atom stereocenters. The van der Waals surface area contributed by atoms with Gasteiger partial charge in [-0.25, -0.2) is 4.68 Å². The van der Waals surface area contributed by atoms with Crippen molar-refractivity contribution < 1.29 is 4.79 Å². The first-order valence-corrected chi connectivity index (χ1v) is 9.45. The van der Waals surface area contributed by atoms with Crippen LogP contribution in [0.25, 0.3) is 10.6 Å².